The van der Waals surface area contributed by atoms with Gasteiger partial charge < -0.3 is 4.90 Å². The van der Waals surface area contributed by atoms with Crippen LogP contribution in [0.15, 0.2) is 9.59 Å². The lowest BCUT2D eigenvalue weighted by molar-refractivity contribution is 0.0778. The van der Waals surface area contributed by atoms with Crippen LogP contribution >= 0.6 is 22.0 Å². The molecule has 19 heavy (non-hydrogen) atoms. The highest BCUT2D eigenvalue weighted by Gasteiger charge is 2.34. The molecule has 2 heterocycles. The fourth-order valence-electron chi connectivity index (χ4n) is 2.31. The van der Waals surface area contributed by atoms with Crippen molar-refractivity contribution in [1.82, 2.24) is 4.90 Å². The first-order chi connectivity index (χ1) is 8.62. The normalized spacial score (nSPS) is 18.8. The lowest BCUT2D eigenvalue weighted by Gasteiger charge is -2.19. The summed E-state index contributed by atoms with van der Waals surface area (Å²) in [5.41, 5.74) is 1.03. The molecule has 0 atom stereocenters. The Labute approximate surface area is 121 Å². The second-order valence-corrected chi connectivity index (χ2v) is 9.28. The predicted octanol–water partition coefficient (Wildman–Crippen LogP) is 2.86. The maximum atomic E-state index is 12.4. The highest BCUT2D eigenvalue weighted by molar-refractivity contribution is 8.15. The molecule has 2 rings (SSSR count). The fourth-order valence-corrected chi connectivity index (χ4v) is 4.85. The molecule has 1 aromatic heterocycles. The molecule has 1 fully saturated rings. The van der Waals surface area contributed by atoms with E-state index in [1.54, 1.807) is 17.2 Å². The van der Waals surface area contributed by atoms with Gasteiger partial charge in [-0.2, -0.15) is 0 Å². The van der Waals surface area contributed by atoms with Gasteiger partial charge in [0.05, 0.1) is 5.56 Å². The van der Waals surface area contributed by atoms with Gasteiger partial charge in [0.25, 0.3) is 15.0 Å². The molecule has 1 amide bonds. The van der Waals surface area contributed by atoms with Crippen LogP contribution in [0.1, 0.15) is 36.2 Å². The third-order valence-electron chi connectivity index (χ3n) is 3.41. The minimum atomic E-state index is -3.77. The van der Waals surface area contributed by atoms with Crippen molar-refractivity contribution >= 4 is 37.0 Å². The van der Waals surface area contributed by atoms with Crippen molar-refractivity contribution in [3.8, 4) is 0 Å². The van der Waals surface area contributed by atoms with Crippen LogP contribution in [0.25, 0.3) is 0 Å². The van der Waals surface area contributed by atoms with Gasteiger partial charge in [-0.1, -0.05) is 13.8 Å². The van der Waals surface area contributed by atoms with Gasteiger partial charge in [0.2, 0.25) is 0 Å². The van der Waals surface area contributed by atoms with E-state index in [0.717, 1.165) is 17.8 Å². The molecule has 0 radical (unpaired) electrons. The van der Waals surface area contributed by atoms with Crippen LogP contribution < -0.4 is 0 Å². The summed E-state index contributed by atoms with van der Waals surface area (Å²) < 4.78 is 22.8. The van der Waals surface area contributed by atoms with Gasteiger partial charge in [0, 0.05) is 29.2 Å². The van der Waals surface area contributed by atoms with Crippen molar-refractivity contribution < 1.29 is 13.2 Å². The van der Waals surface area contributed by atoms with Crippen molar-refractivity contribution in [3.05, 3.63) is 16.5 Å². The van der Waals surface area contributed by atoms with E-state index >= 15 is 0 Å². The third-order valence-corrected chi connectivity index (χ3v) is 6.72. The van der Waals surface area contributed by atoms with E-state index in [-0.39, 0.29) is 15.5 Å². The van der Waals surface area contributed by atoms with E-state index in [1.807, 2.05) is 0 Å². The van der Waals surface area contributed by atoms with E-state index in [4.69, 9.17) is 10.7 Å². The standard InChI is InChI=1S/C12H16ClNO3S2/c1-8-9(6-18-11(8)19(13,16)17)10(15)14-5-4-12(2,3)7-14/h6H,4-5,7H2,1-3H3. The summed E-state index contributed by atoms with van der Waals surface area (Å²) in [5, 5.41) is 1.58. The van der Waals surface area contributed by atoms with Crippen LogP contribution in [-0.4, -0.2) is 32.3 Å². The van der Waals surface area contributed by atoms with Gasteiger partial charge >= 0.3 is 0 Å². The average Bonchev–Trinajstić information content (AvgIpc) is 2.79. The van der Waals surface area contributed by atoms with Crippen LogP contribution in [0, 0.1) is 12.3 Å². The number of likely N-dealkylation sites (tertiary alicyclic amines) is 1. The van der Waals surface area contributed by atoms with Crippen LogP contribution in [-0.2, 0) is 9.05 Å². The van der Waals surface area contributed by atoms with Crippen LogP contribution in [0.3, 0.4) is 0 Å². The minimum Gasteiger partial charge on any atom is -0.338 e. The van der Waals surface area contributed by atoms with Crippen molar-refractivity contribution in [2.45, 2.75) is 31.4 Å². The van der Waals surface area contributed by atoms with Gasteiger partial charge in [0.15, 0.2) is 0 Å². The molecule has 106 valence electrons. The lowest BCUT2D eigenvalue weighted by atomic mass is 9.93. The molecule has 1 aliphatic heterocycles. The zero-order valence-corrected chi connectivity index (χ0v) is 13.5. The molecule has 4 nitrogen and oxygen atoms in total. The van der Waals surface area contributed by atoms with Crippen LogP contribution in [0.5, 0.6) is 0 Å². The lowest BCUT2D eigenvalue weighted by Crippen LogP contribution is -2.30. The molecule has 0 bridgehead atoms. The second-order valence-electron chi connectivity index (χ2n) is 5.64. The summed E-state index contributed by atoms with van der Waals surface area (Å²) in [7, 11) is 1.57. The molecule has 1 aliphatic rings. The molecule has 0 aliphatic carbocycles. The number of hydrogen-bond donors (Lipinski definition) is 0. The monoisotopic (exact) mass is 321 g/mol. The number of amides is 1. The first-order valence-electron chi connectivity index (χ1n) is 5.94. The van der Waals surface area contributed by atoms with Crippen LogP contribution in [0.4, 0.5) is 0 Å². The third kappa shape index (κ3) is 2.95. The summed E-state index contributed by atoms with van der Waals surface area (Å²) >= 11 is 1.00. The predicted molar refractivity (Wildman–Crippen MR) is 76.4 cm³/mol. The summed E-state index contributed by atoms with van der Waals surface area (Å²) in [6.07, 6.45) is 0.961. The van der Waals surface area contributed by atoms with Gasteiger partial charge in [-0.15, -0.1) is 11.3 Å². The minimum absolute atomic E-state index is 0.0657. The number of rotatable bonds is 2. The maximum Gasteiger partial charge on any atom is 0.271 e. The van der Waals surface area contributed by atoms with Crippen molar-refractivity contribution in [2.75, 3.05) is 13.1 Å². The first kappa shape index (κ1) is 14.8. The van der Waals surface area contributed by atoms with Gasteiger partial charge in [0.1, 0.15) is 4.21 Å². The summed E-state index contributed by atoms with van der Waals surface area (Å²) in [6.45, 7) is 7.28. The SMILES string of the molecule is Cc1c(C(=O)N2CCC(C)(C)C2)csc1S(=O)(=O)Cl. The number of carbonyl (C=O) groups is 1. The number of hydrogen-bond acceptors (Lipinski definition) is 4. The van der Waals surface area contributed by atoms with Crippen molar-refractivity contribution in [3.63, 3.8) is 0 Å². The molecular weight excluding hydrogens is 306 g/mol. The number of nitrogens with zero attached hydrogens (tertiary/aromatic N) is 1. The Morgan fingerprint density at radius 2 is 2.11 bits per heavy atom. The zero-order valence-electron chi connectivity index (χ0n) is 11.1. The van der Waals surface area contributed by atoms with Gasteiger partial charge in [-0.25, -0.2) is 8.42 Å². The molecular formula is C12H16ClNO3S2. The van der Waals surface area contributed by atoms with E-state index < -0.39 is 9.05 Å². The Bertz CT molecular complexity index is 619. The number of halogens is 1. The number of thiophene rings is 1. The molecule has 1 aromatic rings. The Kier molecular flexibility index (Phi) is 3.70. The molecule has 1 saturated heterocycles. The fraction of sp³-hybridized carbons (Fsp3) is 0.583. The topological polar surface area (TPSA) is 54.5 Å². The van der Waals surface area contributed by atoms with E-state index in [0.29, 0.717) is 24.2 Å². The Hall–Kier alpha value is -0.590. The Balaban J connectivity index is 2.29. The Morgan fingerprint density at radius 1 is 1.47 bits per heavy atom. The summed E-state index contributed by atoms with van der Waals surface area (Å²) in [5.74, 6) is -0.106. The van der Waals surface area contributed by atoms with E-state index in [1.165, 1.54) is 0 Å². The highest BCUT2D eigenvalue weighted by Crippen LogP contribution is 2.33. The number of carbonyl (C=O) groups excluding carboxylic acids is 1. The smallest absolute Gasteiger partial charge is 0.271 e. The molecule has 0 spiro atoms. The summed E-state index contributed by atoms with van der Waals surface area (Å²) in [6, 6.07) is 0. The Morgan fingerprint density at radius 3 is 2.53 bits per heavy atom. The molecule has 0 aromatic carbocycles. The molecule has 7 heteroatoms. The van der Waals surface area contributed by atoms with Gasteiger partial charge in [-0.05, 0) is 24.3 Å². The average molecular weight is 322 g/mol. The van der Waals surface area contributed by atoms with Crippen LogP contribution in [0.2, 0.25) is 0 Å². The highest BCUT2D eigenvalue weighted by atomic mass is 35.7. The molecule has 0 saturated carbocycles. The molecule has 0 N–H and O–H groups in total. The second kappa shape index (κ2) is 4.75. The van der Waals surface area contributed by atoms with E-state index in [9.17, 15) is 13.2 Å². The van der Waals surface area contributed by atoms with E-state index in [2.05, 4.69) is 13.8 Å². The maximum absolute atomic E-state index is 12.4. The first-order valence-corrected chi connectivity index (χ1v) is 9.13. The van der Waals surface area contributed by atoms with Crippen molar-refractivity contribution in [1.29, 1.82) is 0 Å². The zero-order chi connectivity index (χ0) is 14.4. The van der Waals surface area contributed by atoms with Crippen molar-refractivity contribution in [2.24, 2.45) is 5.41 Å². The summed E-state index contributed by atoms with van der Waals surface area (Å²) in [4.78, 5) is 14.2. The molecule has 0 unspecified atom stereocenters. The largest absolute Gasteiger partial charge is 0.338 e. The quantitative estimate of drug-likeness (QED) is 0.787. The van der Waals surface area contributed by atoms with Gasteiger partial charge in [-0.3, -0.25) is 4.79 Å².